The summed E-state index contributed by atoms with van der Waals surface area (Å²) in [6, 6.07) is 0.484. The molecule has 1 N–H and O–H groups in total. The van der Waals surface area contributed by atoms with Crippen molar-refractivity contribution in [2.24, 2.45) is 0 Å². The predicted molar refractivity (Wildman–Crippen MR) is 58.4 cm³/mol. The van der Waals surface area contributed by atoms with Crippen LogP contribution in [0.25, 0.3) is 0 Å². The molecule has 0 aromatic carbocycles. The second kappa shape index (κ2) is 6.23. The van der Waals surface area contributed by atoms with Crippen LogP contribution < -0.4 is 5.32 Å². The molecule has 3 heteroatoms. The largest absolute Gasteiger partial charge is 0.360 e. The van der Waals surface area contributed by atoms with Crippen molar-refractivity contribution in [1.29, 1.82) is 0 Å². The van der Waals surface area contributed by atoms with E-state index in [0.29, 0.717) is 6.04 Å². The lowest BCUT2D eigenvalue weighted by Gasteiger charge is -2.24. The lowest BCUT2D eigenvalue weighted by Crippen LogP contribution is -2.43. The first kappa shape index (κ1) is 11.7. The van der Waals surface area contributed by atoms with Gasteiger partial charge in [-0.05, 0) is 39.4 Å². The molecule has 0 bridgehead atoms. The van der Waals surface area contributed by atoms with Gasteiger partial charge in [-0.3, -0.25) is 0 Å². The molecule has 2 nitrogen and oxygen atoms in total. The molecule has 0 saturated carbocycles. The maximum atomic E-state index is 5.23. The van der Waals surface area contributed by atoms with Crippen LogP contribution >= 0.6 is 12.2 Å². The van der Waals surface area contributed by atoms with Crippen molar-refractivity contribution in [3.8, 4) is 0 Å². The van der Waals surface area contributed by atoms with Crippen LogP contribution in [0.15, 0.2) is 0 Å². The maximum Gasteiger partial charge on any atom is 0.169 e. The van der Waals surface area contributed by atoms with Crippen LogP contribution in [0, 0.1) is 0 Å². The highest BCUT2D eigenvalue weighted by atomic mass is 32.1. The van der Waals surface area contributed by atoms with E-state index in [2.05, 4.69) is 37.9 Å². The monoisotopic (exact) mass is 188 g/mol. The predicted octanol–water partition coefficient (Wildman–Crippen LogP) is 2.00. The summed E-state index contributed by atoms with van der Waals surface area (Å²) in [5, 5.41) is 4.17. The second-order valence-electron chi connectivity index (χ2n) is 2.93. The number of thiocarbonyl (C=S) groups is 1. The Balaban J connectivity index is 3.84. The summed E-state index contributed by atoms with van der Waals surface area (Å²) in [5.74, 6) is 0. The summed E-state index contributed by atoms with van der Waals surface area (Å²) >= 11 is 5.23. The van der Waals surface area contributed by atoms with Crippen LogP contribution in [0.1, 0.15) is 34.1 Å². The van der Waals surface area contributed by atoms with Gasteiger partial charge in [0, 0.05) is 19.1 Å². The normalized spacial score (nSPS) is 12.3. The molecule has 0 heterocycles. The highest BCUT2D eigenvalue weighted by Crippen LogP contribution is 1.93. The summed E-state index contributed by atoms with van der Waals surface area (Å²) in [6.45, 7) is 10.5. The molecule has 0 rings (SSSR count). The van der Waals surface area contributed by atoms with Crippen molar-refractivity contribution in [2.45, 2.75) is 40.2 Å². The average Bonchev–Trinajstić information content (AvgIpc) is 2.06. The van der Waals surface area contributed by atoms with Gasteiger partial charge in [0.05, 0.1) is 0 Å². The summed E-state index contributed by atoms with van der Waals surface area (Å²) < 4.78 is 0. The lowest BCUT2D eigenvalue weighted by atomic mass is 10.3. The average molecular weight is 188 g/mol. The highest BCUT2D eigenvalue weighted by molar-refractivity contribution is 7.80. The van der Waals surface area contributed by atoms with Crippen LogP contribution in [0.2, 0.25) is 0 Å². The first-order valence-corrected chi connectivity index (χ1v) is 5.11. The number of nitrogens with zero attached hydrogens (tertiary/aromatic N) is 1. The Morgan fingerprint density at radius 1 is 1.33 bits per heavy atom. The maximum absolute atomic E-state index is 5.23. The van der Waals surface area contributed by atoms with Crippen molar-refractivity contribution in [3.05, 3.63) is 0 Å². The molecule has 0 aliphatic heterocycles. The molecule has 1 unspecified atom stereocenters. The zero-order valence-corrected chi connectivity index (χ0v) is 9.37. The van der Waals surface area contributed by atoms with Crippen LogP contribution in [0.4, 0.5) is 0 Å². The molecule has 0 spiro atoms. The molecule has 1 atom stereocenters. The van der Waals surface area contributed by atoms with Crippen molar-refractivity contribution >= 4 is 17.3 Å². The van der Waals surface area contributed by atoms with E-state index in [1.165, 1.54) is 0 Å². The molecular weight excluding hydrogens is 168 g/mol. The Labute approximate surface area is 81.3 Å². The third-order valence-electron chi connectivity index (χ3n) is 2.03. The van der Waals surface area contributed by atoms with E-state index < -0.39 is 0 Å². The van der Waals surface area contributed by atoms with Gasteiger partial charge in [0.1, 0.15) is 0 Å². The molecule has 0 fully saturated rings. The van der Waals surface area contributed by atoms with E-state index in [-0.39, 0.29) is 0 Å². The van der Waals surface area contributed by atoms with Crippen molar-refractivity contribution in [1.82, 2.24) is 10.2 Å². The molecule has 0 aliphatic rings. The third-order valence-corrected chi connectivity index (χ3v) is 2.41. The standard InChI is InChI=1S/C9H20N2S/c1-5-8(4)10-9(12)11(6-2)7-3/h8H,5-7H2,1-4H3,(H,10,12). The quantitative estimate of drug-likeness (QED) is 0.679. The lowest BCUT2D eigenvalue weighted by molar-refractivity contribution is 0.445. The topological polar surface area (TPSA) is 15.3 Å². The minimum Gasteiger partial charge on any atom is -0.360 e. The van der Waals surface area contributed by atoms with Gasteiger partial charge < -0.3 is 10.2 Å². The number of hydrogen-bond donors (Lipinski definition) is 1. The van der Waals surface area contributed by atoms with Gasteiger partial charge in [-0.15, -0.1) is 0 Å². The van der Waals surface area contributed by atoms with Gasteiger partial charge in [-0.1, -0.05) is 6.92 Å². The Hall–Kier alpha value is -0.310. The summed E-state index contributed by atoms with van der Waals surface area (Å²) in [4.78, 5) is 2.15. The summed E-state index contributed by atoms with van der Waals surface area (Å²) in [5.41, 5.74) is 0. The van der Waals surface area contributed by atoms with Gasteiger partial charge in [-0.25, -0.2) is 0 Å². The van der Waals surface area contributed by atoms with E-state index in [0.717, 1.165) is 24.6 Å². The van der Waals surface area contributed by atoms with Gasteiger partial charge in [0.25, 0.3) is 0 Å². The Kier molecular flexibility index (Phi) is 6.07. The number of hydrogen-bond acceptors (Lipinski definition) is 1. The van der Waals surface area contributed by atoms with E-state index in [1.807, 2.05) is 0 Å². The molecule has 0 aromatic rings. The van der Waals surface area contributed by atoms with Crippen LogP contribution in [-0.4, -0.2) is 29.1 Å². The first-order chi connectivity index (χ1) is 5.65. The molecule has 0 aliphatic carbocycles. The minimum absolute atomic E-state index is 0.484. The van der Waals surface area contributed by atoms with E-state index >= 15 is 0 Å². The smallest absolute Gasteiger partial charge is 0.169 e. The highest BCUT2D eigenvalue weighted by Gasteiger charge is 2.06. The molecule has 72 valence electrons. The van der Waals surface area contributed by atoms with Crippen LogP contribution in [0.5, 0.6) is 0 Å². The van der Waals surface area contributed by atoms with Gasteiger partial charge in [0.15, 0.2) is 5.11 Å². The van der Waals surface area contributed by atoms with Crippen molar-refractivity contribution < 1.29 is 0 Å². The molecule has 0 saturated heterocycles. The van der Waals surface area contributed by atoms with E-state index in [1.54, 1.807) is 0 Å². The molecule has 0 radical (unpaired) electrons. The minimum atomic E-state index is 0.484. The summed E-state index contributed by atoms with van der Waals surface area (Å²) in [6.07, 6.45) is 1.11. The van der Waals surface area contributed by atoms with Crippen LogP contribution in [-0.2, 0) is 0 Å². The van der Waals surface area contributed by atoms with Gasteiger partial charge in [-0.2, -0.15) is 0 Å². The van der Waals surface area contributed by atoms with Crippen LogP contribution in [0.3, 0.4) is 0 Å². The second-order valence-corrected chi connectivity index (χ2v) is 3.32. The van der Waals surface area contributed by atoms with E-state index in [9.17, 15) is 0 Å². The van der Waals surface area contributed by atoms with Gasteiger partial charge in [0.2, 0.25) is 0 Å². The number of nitrogens with one attached hydrogen (secondary N) is 1. The molecule has 12 heavy (non-hydrogen) atoms. The fourth-order valence-electron chi connectivity index (χ4n) is 0.915. The van der Waals surface area contributed by atoms with Gasteiger partial charge >= 0.3 is 0 Å². The Morgan fingerprint density at radius 2 is 1.83 bits per heavy atom. The summed E-state index contributed by atoms with van der Waals surface area (Å²) in [7, 11) is 0. The zero-order chi connectivity index (χ0) is 9.56. The van der Waals surface area contributed by atoms with Crippen molar-refractivity contribution in [3.63, 3.8) is 0 Å². The Bertz CT molecular complexity index is 132. The SMILES string of the molecule is CCC(C)NC(=S)N(CC)CC. The third kappa shape index (κ3) is 3.90. The fourth-order valence-corrected chi connectivity index (χ4v) is 1.37. The molecule has 0 amide bonds. The fraction of sp³-hybridized carbons (Fsp3) is 0.889. The zero-order valence-electron chi connectivity index (χ0n) is 8.55. The van der Waals surface area contributed by atoms with Crippen molar-refractivity contribution in [2.75, 3.05) is 13.1 Å². The Morgan fingerprint density at radius 3 is 2.17 bits per heavy atom. The molecule has 0 aromatic heterocycles. The van der Waals surface area contributed by atoms with E-state index in [4.69, 9.17) is 12.2 Å². The number of rotatable bonds is 4. The first-order valence-electron chi connectivity index (χ1n) is 4.71. The molecular formula is C9H20N2S.